The molecule has 4 rings (SSSR count). The third-order valence-corrected chi connectivity index (χ3v) is 5.26. The van der Waals surface area contributed by atoms with Crippen LogP contribution in [0.3, 0.4) is 0 Å². The van der Waals surface area contributed by atoms with Crippen molar-refractivity contribution < 1.29 is 30.8 Å². The lowest BCUT2D eigenvalue weighted by molar-refractivity contribution is -0.288. The van der Waals surface area contributed by atoms with E-state index in [1.165, 1.54) is 30.5 Å². The van der Waals surface area contributed by atoms with E-state index in [0.29, 0.717) is 6.07 Å². The third kappa shape index (κ3) is 3.20. The first-order valence-corrected chi connectivity index (χ1v) is 9.08. The quantitative estimate of drug-likeness (QED) is 0.394. The zero-order chi connectivity index (χ0) is 22.8. The van der Waals surface area contributed by atoms with Gasteiger partial charge in [-0.1, -0.05) is 13.8 Å². The Morgan fingerprint density at radius 2 is 1.74 bits per heavy atom. The van der Waals surface area contributed by atoms with Crippen LogP contribution in [0.2, 0.25) is 0 Å². The van der Waals surface area contributed by atoms with Gasteiger partial charge >= 0.3 is 12.1 Å². The Labute approximate surface area is 170 Å². The number of hydrogen-bond donors (Lipinski definition) is 0. The molecule has 4 aromatic heterocycles. The predicted molar refractivity (Wildman–Crippen MR) is 97.0 cm³/mol. The molecule has 1 atom stereocenters. The number of imidazole rings is 1. The van der Waals surface area contributed by atoms with E-state index in [2.05, 4.69) is 20.2 Å². The van der Waals surface area contributed by atoms with Crippen LogP contribution in [0.5, 0.6) is 0 Å². The van der Waals surface area contributed by atoms with Gasteiger partial charge in [0.15, 0.2) is 5.67 Å². The summed E-state index contributed by atoms with van der Waals surface area (Å²) in [4.78, 5) is 8.32. The molecule has 0 aliphatic carbocycles. The van der Waals surface area contributed by atoms with Gasteiger partial charge in [-0.25, -0.2) is 14.4 Å². The Morgan fingerprint density at radius 1 is 1.03 bits per heavy atom. The van der Waals surface area contributed by atoms with Crippen molar-refractivity contribution in [2.24, 2.45) is 5.92 Å². The van der Waals surface area contributed by atoms with E-state index in [4.69, 9.17) is 4.42 Å². The lowest BCUT2D eigenvalue weighted by Gasteiger charge is -2.27. The molecule has 0 bridgehead atoms. The van der Waals surface area contributed by atoms with Gasteiger partial charge in [-0.2, -0.15) is 22.0 Å². The lowest BCUT2D eigenvalue weighted by Crippen LogP contribution is -2.35. The minimum atomic E-state index is -5.89. The Balaban J connectivity index is 2.10. The molecule has 0 fully saturated rings. The van der Waals surface area contributed by atoms with Gasteiger partial charge in [0.2, 0.25) is 6.39 Å². The molecule has 0 spiro atoms. The molecule has 12 heteroatoms. The first kappa shape index (κ1) is 21.1. The molecule has 164 valence electrons. The number of halogens is 6. The average molecular weight is 443 g/mol. The fraction of sp³-hybridized carbons (Fsp3) is 0.368. The number of hydrogen-bond acceptors (Lipinski definition) is 5. The molecule has 4 aromatic rings. The summed E-state index contributed by atoms with van der Waals surface area (Å²) < 4.78 is 90.1. The van der Waals surface area contributed by atoms with E-state index in [1.807, 2.05) is 0 Å². The van der Waals surface area contributed by atoms with Gasteiger partial charge in [0.1, 0.15) is 17.0 Å². The molecule has 0 amide bonds. The lowest BCUT2D eigenvalue weighted by atomic mass is 9.88. The van der Waals surface area contributed by atoms with E-state index < -0.39 is 40.3 Å². The highest BCUT2D eigenvalue weighted by atomic mass is 19.4. The van der Waals surface area contributed by atoms with Gasteiger partial charge in [-0.3, -0.25) is 4.40 Å². The minimum Gasteiger partial charge on any atom is -0.422 e. The van der Waals surface area contributed by atoms with Crippen LogP contribution in [0.4, 0.5) is 26.3 Å². The van der Waals surface area contributed by atoms with Crippen LogP contribution < -0.4 is 0 Å². The number of aromatic nitrogens is 5. The van der Waals surface area contributed by atoms with Crippen LogP contribution in [0.15, 0.2) is 35.2 Å². The Kier molecular flexibility index (Phi) is 4.53. The van der Waals surface area contributed by atoms with Crippen LogP contribution in [-0.2, 0) is 11.6 Å². The minimum absolute atomic E-state index is 0.00589. The Bertz CT molecular complexity index is 1260. The summed E-state index contributed by atoms with van der Waals surface area (Å²) in [6.45, 7) is 4.02. The van der Waals surface area contributed by atoms with Gasteiger partial charge in [-0.15, -0.1) is 10.2 Å². The first-order valence-electron chi connectivity index (χ1n) is 9.08. The molecular formula is C19H15F6N5O. The molecule has 0 aliphatic rings. The highest BCUT2D eigenvalue weighted by Gasteiger charge is 2.59. The summed E-state index contributed by atoms with van der Waals surface area (Å²) in [6, 6.07) is 2.78. The number of nitrogens with zero attached hydrogens (tertiary/aromatic N) is 5. The van der Waals surface area contributed by atoms with E-state index in [9.17, 15) is 22.0 Å². The smallest absolute Gasteiger partial charge is 0.422 e. The number of alkyl halides is 6. The van der Waals surface area contributed by atoms with Crippen LogP contribution in [0, 0.1) is 5.92 Å². The van der Waals surface area contributed by atoms with Crippen LogP contribution >= 0.6 is 0 Å². The molecule has 1 unspecified atom stereocenters. The first-order chi connectivity index (χ1) is 14.3. The van der Waals surface area contributed by atoms with Crippen molar-refractivity contribution in [1.29, 1.82) is 0 Å². The van der Waals surface area contributed by atoms with E-state index in [1.54, 1.807) is 0 Å². The number of pyridine rings is 2. The molecule has 0 radical (unpaired) electrons. The molecule has 0 saturated heterocycles. The molecule has 0 saturated carbocycles. The summed E-state index contributed by atoms with van der Waals surface area (Å²) in [5.41, 5.74) is -4.21. The second-order valence-corrected chi connectivity index (χ2v) is 7.53. The fourth-order valence-electron chi connectivity index (χ4n) is 3.08. The van der Waals surface area contributed by atoms with Crippen molar-refractivity contribution in [3.05, 3.63) is 42.0 Å². The predicted octanol–water partition coefficient (Wildman–Crippen LogP) is 5.43. The van der Waals surface area contributed by atoms with E-state index in [-0.39, 0.29) is 22.9 Å². The van der Waals surface area contributed by atoms with Gasteiger partial charge in [0.25, 0.3) is 5.89 Å². The fourth-order valence-corrected chi connectivity index (χ4v) is 3.08. The molecule has 31 heavy (non-hydrogen) atoms. The molecule has 4 heterocycles. The normalized spacial score (nSPS) is 15.2. The maximum atomic E-state index is 15.3. The second-order valence-electron chi connectivity index (χ2n) is 7.53. The molecular weight excluding hydrogens is 428 g/mol. The van der Waals surface area contributed by atoms with Crippen molar-refractivity contribution in [2.45, 2.75) is 38.5 Å². The van der Waals surface area contributed by atoms with Gasteiger partial charge in [0.05, 0.1) is 5.69 Å². The molecule has 0 aliphatic heterocycles. The maximum absolute atomic E-state index is 15.3. The Hall–Kier alpha value is -3.18. The van der Waals surface area contributed by atoms with Gasteiger partial charge < -0.3 is 4.42 Å². The SMILES string of the molecule is CC(C)C(C)(F)c1cc(C(F)(F)C(F)(F)F)c2ccc3nc(-c4nnco4)cn3c2n1. The zero-order valence-electron chi connectivity index (χ0n) is 16.4. The molecule has 6 nitrogen and oxygen atoms in total. The third-order valence-electron chi connectivity index (χ3n) is 5.26. The number of fused-ring (bicyclic) bond motifs is 3. The molecule has 0 N–H and O–H groups in total. The van der Waals surface area contributed by atoms with Crippen LogP contribution in [0.1, 0.15) is 32.0 Å². The van der Waals surface area contributed by atoms with E-state index in [0.717, 1.165) is 19.4 Å². The van der Waals surface area contributed by atoms with Crippen molar-refractivity contribution in [2.75, 3.05) is 0 Å². The van der Waals surface area contributed by atoms with Crippen molar-refractivity contribution in [3.8, 4) is 11.6 Å². The summed E-state index contributed by atoms with van der Waals surface area (Å²) in [5.74, 6) is -5.98. The van der Waals surface area contributed by atoms with Gasteiger partial charge in [0, 0.05) is 17.1 Å². The van der Waals surface area contributed by atoms with Gasteiger partial charge in [-0.05, 0) is 31.0 Å². The Morgan fingerprint density at radius 3 is 2.32 bits per heavy atom. The van der Waals surface area contributed by atoms with Crippen molar-refractivity contribution in [1.82, 2.24) is 24.6 Å². The molecule has 0 aromatic carbocycles. The van der Waals surface area contributed by atoms with Crippen molar-refractivity contribution in [3.63, 3.8) is 0 Å². The van der Waals surface area contributed by atoms with E-state index >= 15 is 4.39 Å². The highest BCUT2D eigenvalue weighted by molar-refractivity contribution is 5.84. The van der Waals surface area contributed by atoms with Crippen molar-refractivity contribution >= 4 is 16.7 Å². The summed E-state index contributed by atoms with van der Waals surface area (Å²) in [7, 11) is 0. The monoisotopic (exact) mass is 443 g/mol. The number of rotatable bonds is 4. The van der Waals surface area contributed by atoms with Crippen LogP contribution in [0.25, 0.3) is 28.3 Å². The topological polar surface area (TPSA) is 69.1 Å². The highest BCUT2D eigenvalue weighted by Crippen LogP contribution is 2.47. The largest absolute Gasteiger partial charge is 0.458 e. The summed E-state index contributed by atoms with van der Waals surface area (Å²) >= 11 is 0. The average Bonchev–Trinajstić information content (AvgIpc) is 3.35. The zero-order valence-corrected chi connectivity index (χ0v) is 16.4. The summed E-state index contributed by atoms with van der Waals surface area (Å²) in [6.07, 6.45) is -3.54. The van der Waals surface area contributed by atoms with Crippen LogP contribution in [-0.4, -0.2) is 30.7 Å². The summed E-state index contributed by atoms with van der Waals surface area (Å²) in [5, 5.41) is 6.71. The standard InChI is InChI=1S/C19H15F6N5O/c1-9(2)17(3,20)13-6-11(18(21,22)19(23,24)25)10-4-5-14-27-12(16-29-26-8-31-16)7-30(14)15(10)28-13/h4-9H,1-3H3. The maximum Gasteiger partial charge on any atom is 0.458 e. The second kappa shape index (κ2) is 6.66.